The highest BCUT2D eigenvalue weighted by molar-refractivity contribution is 7.77. The van der Waals surface area contributed by atoms with Crippen molar-refractivity contribution in [3.8, 4) is 0 Å². The Hall–Kier alpha value is -4.95. The summed E-state index contributed by atoms with van der Waals surface area (Å²) in [7, 11) is -27.1. The normalized spacial score (nSPS) is 19.2. The molecule has 9 nitrogen and oxygen atoms in total. The molecule has 96 heteroatoms. The fraction of sp³-hybridized carbons (Fsp3) is 1.00. The van der Waals surface area contributed by atoms with Crippen molar-refractivity contribution in [1.29, 1.82) is 0 Å². The average molecular weight is 2420 g/mol. The van der Waals surface area contributed by atoms with Crippen LogP contribution >= 0.6 is 25.3 Å². The monoisotopic (exact) mass is 2420 g/mol. The summed E-state index contributed by atoms with van der Waals surface area (Å²) in [6, 6.07) is 0. The lowest BCUT2D eigenvalue weighted by Crippen LogP contribution is -2.72. The van der Waals surface area contributed by atoms with Crippen LogP contribution in [0, 0.1) is 0 Å². The second-order valence-corrected chi connectivity index (χ2v) is 32.1. The lowest BCUT2D eigenvalue weighted by Gasteiger charge is -2.51. The number of halogens is 84. The van der Waals surface area contributed by atoms with Crippen LogP contribution in [-0.4, -0.2) is 305 Å². The van der Waals surface area contributed by atoms with E-state index in [-0.39, 0.29) is 0 Å². The van der Waals surface area contributed by atoms with E-state index in [9.17, 15) is 211 Å². The molecule has 0 aliphatic carbocycles. The zero-order chi connectivity index (χ0) is 117. The van der Waals surface area contributed by atoms with E-state index in [1.807, 2.05) is 0 Å². The van der Waals surface area contributed by atoms with Crippen molar-refractivity contribution in [1.82, 2.24) is 13.8 Å². The highest BCUT2D eigenvalue weighted by Crippen LogP contribution is 2.81. The highest BCUT2D eigenvalue weighted by Gasteiger charge is 2.99. The Morgan fingerprint density at radius 2 is 0.208 bits per heavy atom. The summed E-state index contributed by atoms with van der Waals surface area (Å²) in [5.41, 5.74) is 0. The van der Waals surface area contributed by atoms with Gasteiger partial charge >= 0.3 is 252 Å². The molecule has 0 saturated carbocycles. The molecule has 1 fully saturated rings. The summed E-state index contributed by atoms with van der Waals surface area (Å²) >= 11 is 0. The SMILES string of the molecule is FC(F)C(F)(F)C(F)(F)C(F)(F)C(F)(F)C(F)(F)C(F)(F)CON1P(OCC(F)(F)C(F)(F)C(F)(F)C(F)(F)C(F)(F)C(F)(F)C(F)F)N(OCC(F)(F)C(F)(F)C(F)(F)C(F)(F)C(F)(F)C(F)(F)C(F)F)P(OCC(F)(F)C(F)(F)C(F)(F)C(F)(F)C(F)(F)C(F)(F)C(F)F)N(OCC(F)(F)C(F)(F)C(F)(F)C(F)(F)C(F)(F)C(F)(F)C(F)F)P1OCC(F)(F)C(F)(F)C(F)(F)C(F)(F)C(F)(F)C(F)(F)C(F)F. The minimum atomic E-state index is -10.3. The zero-order valence-electron chi connectivity index (χ0n) is 62.6. The first-order valence-electron chi connectivity index (χ1n) is 31.6. The van der Waals surface area contributed by atoms with Crippen molar-refractivity contribution in [2.24, 2.45) is 0 Å². The summed E-state index contributed by atoms with van der Waals surface area (Å²) in [5.74, 6) is -354. The maximum Gasteiger partial charge on any atom is 0.384 e. The molecule has 864 valence electrons. The number of hydrogen-bond acceptors (Lipinski definition) is 9. The van der Waals surface area contributed by atoms with E-state index >= 15 is 158 Å². The van der Waals surface area contributed by atoms with Crippen LogP contribution < -0.4 is 0 Å². The summed E-state index contributed by atoms with van der Waals surface area (Å²) in [6.45, 7) is -39.0. The third kappa shape index (κ3) is 19.5. The van der Waals surface area contributed by atoms with Gasteiger partial charge in [0.2, 0.25) is 0 Å². The Bertz CT molecular complexity index is 3600. The van der Waals surface area contributed by atoms with Gasteiger partial charge in [0, 0.05) is 0 Å². The van der Waals surface area contributed by atoms with Crippen LogP contribution in [0.2, 0.25) is 0 Å². The molecule has 1 aliphatic heterocycles. The average Bonchev–Trinajstić information content (AvgIpc) is 0.722. The fourth-order valence-corrected chi connectivity index (χ4v) is 15.3. The van der Waals surface area contributed by atoms with Gasteiger partial charge in [-0.15, -0.1) is 0 Å². The van der Waals surface area contributed by atoms with Gasteiger partial charge in [-0.2, -0.15) is 316 Å². The lowest BCUT2D eigenvalue weighted by atomic mass is 9.91. The third-order valence-electron chi connectivity index (χ3n) is 17.1. The van der Waals surface area contributed by atoms with Crippen LogP contribution in [0.4, 0.5) is 369 Å². The molecule has 1 heterocycles. The minimum absolute atomic E-state index is 2.36. The summed E-state index contributed by atoms with van der Waals surface area (Å²) in [6.07, 6.45) is -42.8. The molecule has 0 N–H and O–H groups in total. The molecule has 0 aromatic heterocycles. The summed E-state index contributed by atoms with van der Waals surface area (Å²) in [5, 5.41) is 0. The molecule has 1 aliphatic rings. The second kappa shape index (κ2) is 38.6. The number of rotatable bonds is 54. The van der Waals surface area contributed by atoms with Gasteiger partial charge in [-0.3, -0.25) is 14.5 Å². The van der Waals surface area contributed by atoms with Crippen molar-refractivity contribution in [2.45, 2.75) is 252 Å². The van der Waals surface area contributed by atoms with E-state index in [0.717, 1.165) is 0 Å². The predicted octanol–water partition coefficient (Wildman–Crippen LogP) is 28.9. The maximum absolute atomic E-state index is 15.9. The molecular weight excluding hydrogens is 2400 g/mol. The standard InChI is InChI=1S/C48H18F84N3O6P3/c49-7(50)19(73,74)31(97,98)43(121,122)37(109,110)25(85,86)13(61,62)1-136-133-142(139-4-16(67,68)28(91,92)40(115,116)46(127,128)34(103,104)22(79,80)10(55)56)134(137-2-14(63,64)26(87,88)38(111,112)44(123,124)32(99,100)20(75,76)8(51)52)144(141-6-18(71,72)30(95,96)42(119,120)48(131,132)36(107,108)24(83,84)12(59)60)135(138-3-15(65,66)27(89,90)39(113,114)45(125,126)33(101,102)21(77,78)9(53)54)143(133)140-5-17(69,70)29(93,94)41(117,118)47(129,130)35(105,106)23(81,82)11(57)58/h7-12H,1-6H2. The van der Waals surface area contributed by atoms with Crippen LogP contribution in [0.25, 0.3) is 0 Å². The van der Waals surface area contributed by atoms with Gasteiger partial charge in [0.15, 0.2) is 0 Å². The number of nitrogens with zero attached hydrogens (tertiary/aromatic N) is 3. The summed E-state index contributed by atoms with van der Waals surface area (Å²) < 4.78 is 1220. The van der Waals surface area contributed by atoms with Gasteiger partial charge in [-0.25, -0.2) is 52.7 Å². The Kier molecular flexibility index (Phi) is 36.8. The molecule has 0 bridgehead atoms. The molecule has 144 heavy (non-hydrogen) atoms. The van der Waals surface area contributed by atoms with E-state index in [1.54, 1.807) is 0 Å². The molecule has 1 saturated heterocycles. The second-order valence-electron chi connectivity index (χ2n) is 26.7. The van der Waals surface area contributed by atoms with Gasteiger partial charge in [0.25, 0.3) is 25.3 Å². The van der Waals surface area contributed by atoms with Crippen molar-refractivity contribution in [3.63, 3.8) is 0 Å². The molecule has 0 atom stereocenters. The lowest BCUT2D eigenvalue weighted by molar-refractivity contribution is -0.436. The quantitative estimate of drug-likeness (QED) is 0.0438. The number of hydrogen-bond donors (Lipinski definition) is 0. The zero-order valence-corrected chi connectivity index (χ0v) is 65.3. The van der Waals surface area contributed by atoms with Crippen LogP contribution in [0.15, 0.2) is 0 Å². The van der Waals surface area contributed by atoms with E-state index < -0.39 is 331 Å². The van der Waals surface area contributed by atoms with E-state index in [4.69, 9.17) is 0 Å². The molecule has 0 aromatic carbocycles. The van der Waals surface area contributed by atoms with E-state index in [0.29, 0.717) is 0 Å². The van der Waals surface area contributed by atoms with Crippen molar-refractivity contribution in [3.05, 3.63) is 0 Å². The van der Waals surface area contributed by atoms with Crippen LogP contribution in [0.1, 0.15) is 0 Å². The van der Waals surface area contributed by atoms with Crippen molar-refractivity contribution < 1.29 is 397 Å². The topological polar surface area (TPSA) is 65.1 Å². The van der Waals surface area contributed by atoms with Gasteiger partial charge in [0.05, 0.1) is 0 Å². The van der Waals surface area contributed by atoms with Crippen molar-refractivity contribution >= 4 is 25.3 Å². The van der Waals surface area contributed by atoms with Crippen LogP contribution in [0.3, 0.4) is 0 Å². The molecule has 0 aromatic rings. The van der Waals surface area contributed by atoms with Crippen LogP contribution in [0.5, 0.6) is 0 Å². The first kappa shape index (κ1) is 137. The molecule has 0 unspecified atom stereocenters. The molecule has 0 amide bonds. The van der Waals surface area contributed by atoms with Gasteiger partial charge in [-0.1, -0.05) is 13.8 Å². The van der Waals surface area contributed by atoms with Crippen molar-refractivity contribution in [2.75, 3.05) is 39.6 Å². The molecular formula is C48H18F84N3O6P3. The van der Waals surface area contributed by atoms with Gasteiger partial charge < -0.3 is 13.6 Å². The molecule has 0 radical (unpaired) electrons. The van der Waals surface area contributed by atoms with E-state index in [2.05, 4.69) is 28.1 Å². The Labute approximate surface area is 728 Å². The smallest absolute Gasteiger partial charge is 0.321 e. The Balaban J connectivity index is 6.42. The first-order valence-corrected chi connectivity index (χ1v) is 35.1. The number of alkyl halides is 84. The summed E-state index contributed by atoms with van der Waals surface area (Å²) in [4.78, 5) is 7.07. The third-order valence-corrected chi connectivity index (χ3v) is 23.3. The minimum Gasteiger partial charge on any atom is -0.321 e. The van der Waals surface area contributed by atoms with Crippen LogP contribution in [-0.2, 0) is 28.1 Å². The van der Waals surface area contributed by atoms with Gasteiger partial charge in [0.1, 0.15) is 39.6 Å². The van der Waals surface area contributed by atoms with E-state index in [1.165, 1.54) is 0 Å². The largest absolute Gasteiger partial charge is 0.384 e. The fourth-order valence-electron chi connectivity index (χ4n) is 8.18. The maximum atomic E-state index is 15.9. The predicted molar refractivity (Wildman–Crippen MR) is 276 cm³/mol. The van der Waals surface area contributed by atoms with Gasteiger partial charge in [-0.05, 0) is 0 Å². The molecule has 1 rings (SSSR count). The Morgan fingerprint density at radius 3 is 0.299 bits per heavy atom. The Morgan fingerprint density at radius 1 is 0.125 bits per heavy atom. The highest BCUT2D eigenvalue weighted by atomic mass is 31.3. The first-order chi connectivity index (χ1) is 61.7. The molecule has 0 spiro atoms.